The van der Waals surface area contributed by atoms with Crippen molar-refractivity contribution in [1.29, 1.82) is 0 Å². The predicted molar refractivity (Wildman–Crippen MR) is 153 cm³/mol. The third-order valence-corrected chi connectivity index (χ3v) is 8.16. The van der Waals surface area contributed by atoms with Crippen LogP contribution in [0, 0.1) is 34.6 Å². The van der Waals surface area contributed by atoms with Crippen molar-refractivity contribution in [2.45, 2.75) is 39.5 Å². The maximum absolute atomic E-state index is 13.5. The van der Waals surface area contributed by atoms with Crippen molar-refractivity contribution in [2.24, 2.45) is 5.10 Å². The monoisotopic (exact) mass is 528 g/mol. The summed E-state index contributed by atoms with van der Waals surface area (Å²) in [7, 11) is -3.98. The van der Waals surface area contributed by atoms with Gasteiger partial charge in [-0.05, 0) is 77.1 Å². The van der Waals surface area contributed by atoms with Crippen LogP contribution in [0.4, 0.5) is 5.69 Å². The first-order chi connectivity index (χ1) is 18.1. The normalized spacial score (nSPS) is 11.6. The van der Waals surface area contributed by atoms with E-state index in [4.69, 9.17) is 0 Å². The van der Waals surface area contributed by atoms with Crippen LogP contribution < -0.4 is 9.73 Å². The third kappa shape index (κ3) is 5.86. The molecule has 0 bridgehead atoms. The van der Waals surface area contributed by atoms with Crippen LogP contribution in [0.5, 0.6) is 0 Å². The number of aromatic nitrogens is 1. The number of carbonyl (C=O) groups is 1. The maximum atomic E-state index is 13.5. The van der Waals surface area contributed by atoms with Gasteiger partial charge in [0.15, 0.2) is 0 Å². The lowest BCUT2D eigenvalue weighted by molar-refractivity contribution is -0.119. The van der Waals surface area contributed by atoms with Crippen molar-refractivity contribution in [2.75, 3.05) is 10.8 Å². The molecule has 1 heterocycles. The zero-order valence-corrected chi connectivity index (χ0v) is 23.1. The maximum Gasteiger partial charge on any atom is 0.264 e. The van der Waals surface area contributed by atoms with E-state index in [1.165, 1.54) is 5.56 Å². The van der Waals surface area contributed by atoms with Gasteiger partial charge in [-0.2, -0.15) is 5.10 Å². The lowest BCUT2D eigenvalue weighted by atomic mass is 10.2. The van der Waals surface area contributed by atoms with Crippen LogP contribution in [-0.2, 0) is 14.8 Å². The number of carbonyl (C=O) groups excluding carboxylic acids is 1. The molecule has 3 aromatic carbocycles. The largest absolute Gasteiger partial charge is 0.318 e. The fourth-order valence-electron chi connectivity index (χ4n) is 4.21. The van der Waals surface area contributed by atoms with Crippen LogP contribution in [0.25, 0.3) is 5.69 Å². The molecule has 0 radical (unpaired) electrons. The van der Waals surface area contributed by atoms with Gasteiger partial charge in [-0.3, -0.25) is 9.10 Å². The summed E-state index contributed by atoms with van der Waals surface area (Å²) in [5.74, 6) is -0.551. The standard InChI is InChI=1S/C30H32N4O3S/c1-21-6-12-27(13-7-21)33(38(36,37)29-16-10-23(3)11-17-29)20-30(35)32-31-19-26-18-24(4)34(25(26)5)28-14-8-22(2)9-15-28/h6-19H,20H2,1-5H3,(H,32,35)/b31-19-. The number of nitrogens with one attached hydrogen (secondary N) is 1. The smallest absolute Gasteiger partial charge is 0.264 e. The Kier molecular flexibility index (Phi) is 7.83. The molecule has 0 aliphatic heterocycles. The SMILES string of the molecule is Cc1ccc(N(CC(=O)N/N=C\c2cc(C)n(-c3ccc(C)cc3)c2C)S(=O)(=O)c2ccc(C)cc2)cc1. The topological polar surface area (TPSA) is 83.8 Å². The highest BCUT2D eigenvalue weighted by molar-refractivity contribution is 7.92. The molecule has 1 N–H and O–H groups in total. The van der Waals surface area contributed by atoms with E-state index in [0.717, 1.165) is 38.1 Å². The number of hydrogen-bond acceptors (Lipinski definition) is 4. The van der Waals surface area contributed by atoms with E-state index >= 15 is 0 Å². The van der Waals surface area contributed by atoms with Crippen LogP contribution in [0.1, 0.15) is 33.6 Å². The number of hydrogen-bond donors (Lipinski definition) is 1. The number of amides is 1. The van der Waals surface area contributed by atoms with Crippen molar-refractivity contribution in [3.63, 3.8) is 0 Å². The second kappa shape index (κ2) is 11.1. The molecule has 38 heavy (non-hydrogen) atoms. The van der Waals surface area contributed by atoms with Crippen molar-refractivity contribution < 1.29 is 13.2 Å². The van der Waals surface area contributed by atoms with E-state index in [1.807, 2.05) is 52.8 Å². The van der Waals surface area contributed by atoms with Gasteiger partial charge in [0.05, 0.1) is 16.8 Å². The molecular formula is C30H32N4O3S. The summed E-state index contributed by atoms with van der Waals surface area (Å²) in [6.45, 7) is 9.43. The Hall–Kier alpha value is -4.17. The Morgan fingerprint density at radius 2 is 1.37 bits per heavy atom. The number of anilines is 1. The van der Waals surface area contributed by atoms with Gasteiger partial charge in [0.25, 0.3) is 15.9 Å². The predicted octanol–water partition coefficient (Wildman–Crippen LogP) is 5.37. The van der Waals surface area contributed by atoms with Gasteiger partial charge in [0.1, 0.15) is 6.54 Å². The van der Waals surface area contributed by atoms with Gasteiger partial charge in [-0.25, -0.2) is 13.8 Å². The average Bonchev–Trinajstić information content (AvgIpc) is 3.16. The van der Waals surface area contributed by atoms with Crippen molar-refractivity contribution in [3.8, 4) is 5.69 Å². The van der Waals surface area contributed by atoms with E-state index in [-0.39, 0.29) is 4.90 Å². The number of nitrogens with zero attached hydrogens (tertiary/aromatic N) is 3. The summed E-state index contributed by atoms with van der Waals surface area (Å²) < 4.78 is 30.2. The highest BCUT2D eigenvalue weighted by atomic mass is 32.2. The molecule has 4 aromatic rings. The Morgan fingerprint density at radius 3 is 1.95 bits per heavy atom. The molecule has 7 nitrogen and oxygen atoms in total. The van der Waals surface area contributed by atoms with Crippen LogP contribution in [0.2, 0.25) is 0 Å². The lowest BCUT2D eigenvalue weighted by Gasteiger charge is -2.24. The molecule has 1 aromatic heterocycles. The molecule has 0 saturated heterocycles. The molecule has 0 unspecified atom stereocenters. The molecule has 0 spiro atoms. The summed E-state index contributed by atoms with van der Waals surface area (Å²) in [5, 5.41) is 4.13. The second-order valence-corrected chi connectivity index (χ2v) is 11.3. The highest BCUT2D eigenvalue weighted by Gasteiger charge is 2.27. The Morgan fingerprint density at radius 1 is 0.842 bits per heavy atom. The van der Waals surface area contributed by atoms with E-state index in [1.54, 1.807) is 42.6 Å². The number of benzene rings is 3. The minimum absolute atomic E-state index is 0.114. The third-order valence-electron chi connectivity index (χ3n) is 6.37. The van der Waals surface area contributed by atoms with E-state index < -0.39 is 22.5 Å². The fourth-order valence-corrected chi connectivity index (χ4v) is 5.63. The number of hydrazone groups is 1. The molecule has 0 fully saturated rings. The first-order valence-electron chi connectivity index (χ1n) is 12.3. The number of rotatable bonds is 8. The summed E-state index contributed by atoms with van der Waals surface area (Å²) in [5.41, 5.74) is 9.92. The van der Waals surface area contributed by atoms with Gasteiger partial charge in [-0.1, -0.05) is 53.1 Å². The zero-order chi connectivity index (χ0) is 27.4. The van der Waals surface area contributed by atoms with Crippen LogP contribution >= 0.6 is 0 Å². The Bertz CT molecular complexity index is 1570. The molecular weight excluding hydrogens is 496 g/mol. The van der Waals surface area contributed by atoms with Crippen molar-refractivity contribution in [1.82, 2.24) is 9.99 Å². The minimum Gasteiger partial charge on any atom is -0.318 e. The highest BCUT2D eigenvalue weighted by Crippen LogP contribution is 2.24. The molecule has 8 heteroatoms. The summed E-state index contributed by atoms with van der Waals surface area (Å²) in [6.07, 6.45) is 1.58. The summed E-state index contributed by atoms with van der Waals surface area (Å²) >= 11 is 0. The van der Waals surface area contributed by atoms with Crippen LogP contribution in [0.3, 0.4) is 0 Å². The van der Waals surface area contributed by atoms with E-state index in [2.05, 4.69) is 39.4 Å². The van der Waals surface area contributed by atoms with Crippen LogP contribution in [-0.4, -0.2) is 31.7 Å². The van der Waals surface area contributed by atoms with Gasteiger partial charge in [0, 0.05) is 22.6 Å². The molecule has 1 amide bonds. The Balaban J connectivity index is 1.54. The second-order valence-electron chi connectivity index (χ2n) is 9.45. The average molecular weight is 529 g/mol. The van der Waals surface area contributed by atoms with Gasteiger partial charge in [-0.15, -0.1) is 0 Å². The number of sulfonamides is 1. The van der Waals surface area contributed by atoms with Crippen LogP contribution in [0.15, 0.2) is 88.9 Å². The first kappa shape index (κ1) is 26.9. The zero-order valence-electron chi connectivity index (χ0n) is 22.3. The van der Waals surface area contributed by atoms with E-state index in [9.17, 15) is 13.2 Å². The lowest BCUT2D eigenvalue weighted by Crippen LogP contribution is -2.39. The molecule has 0 atom stereocenters. The Labute approximate surface area is 224 Å². The summed E-state index contributed by atoms with van der Waals surface area (Å²) in [6, 6.07) is 23.8. The summed E-state index contributed by atoms with van der Waals surface area (Å²) in [4.78, 5) is 13.0. The number of aryl methyl sites for hydroxylation is 4. The first-order valence-corrected chi connectivity index (χ1v) is 13.7. The molecule has 0 aliphatic carbocycles. The van der Waals surface area contributed by atoms with Gasteiger partial charge >= 0.3 is 0 Å². The van der Waals surface area contributed by atoms with Crippen molar-refractivity contribution >= 4 is 27.8 Å². The van der Waals surface area contributed by atoms with Crippen molar-refractivity contribution in [3.05, 3.63) is 113 Å². The molecule has 196 valence electrons. The van der Waals surface area contributed by atoms with Gasteiger partial charge in [0.2, 0.25) is 0 Å². The molecule has 0 aliphatic rings. The quantitative estimate of drug-likeness (QED) is 0.247. The fraction of sp³-hybridized carbons (Fsp3) is 0.200. The van der Waals surface area contributed by atoms with E-state index in [0.29, 0.717) is 5.69 Å². The minimum atomic E-state index is -3.98. The molecule has 0 saturated carbocycles. The molecule has 4 rings (SSSR count). The van der Waals surface area contributed by atoms with Gasteiger partial charge < -0.3 is 4.57 Å².